The molecule has 0 spiro atoms. The Morgan fingerprint density at radius 2 is 2.36 bits per heavy atom. The van der Waals surface area contributed by atoms with Crippen LogP contribution in [0.4, 0.5) is 0 Å². The van der Waals surface area contributed by atoms with Gasteiger partial charge in [-0.05, 0) is 28.1 Å². The number of carbonyl (C=O) groups is 1. The van der Waals surface area contributed by atoms with E-state index in [1.54, 1.807) is 17.1 Å². The minimum absolute atomic E-state index is 0.530. The summed E-state index contributed by atoms with van der Waals surface area (Å²) in [5.74, 6) is 0.667. The van der Waals surface area contributed by atoms with E-state index in [4.69, 9.17) is 0 Å². The molecule has 2 aromatic rings. The number of aromatic nitrogens is 3. The smallest absolute Gasteiger partial charge is 0.167 e. The van der Waals surface area contributed by atoms with Crippen molar-refractivity contribution in [1.29, 1.82) is 0 Å². The molecule has 0 fully saturated rings. The molecule has 4 nitrogen and oxygen atoms in total. The molecule has 2 heterocycles. The summed E-state index contributed by atoms with van der Waals surface area (Å²) in [6.07, 6.45) is 5.54. The molecule has 0 atom stereocenters. The van der Waals surface area contributed by atoms with E-state index in [0.717, 1.165) is 10.8 Å². The van der Waals surface area contributed by atoms with E-state index < -0.39 is 0 Å². The van der Waals surface area contributed by atoms with E-state index in [1.807, 2.05) is 12.1 Å². The highest BCUT2D eigenvalue weighted by Gasteiger charge is 2.04. The number of aldehydes is 1. The molecule has 5 heteroatoms. The molecule has 14 heavy (non-hydrogen) atoms. The predicted molar refractivity (Wildman–Crippen MR) is 54.4 cm³/mol. The van der Waals surface area contributed by atoms with Crippen molar-refractivity contribution in [3.63, 3.8) is 0 Å². The molecular weight excluding hydrogens is 246 g/mol. The highest BCUT2D eigenvalue weighted by Crippen LogP contribution is 2.16. The number of rotatable bonds is 2. The minimum atomic E-state index is 0.530. The largest absolute Gasteiger partial charge is 0.298 e. The van der Waals surface area contributed by atoms with Crippen LogP contribution in [0.3, 0.4) is 0 Å². The molecule has 0 unspecified atom stereocenters. The van der Waals surface area contributed by atoms with Crippen LogP contribution < -0.4 is 0 Å². The van der Waals surface area contributed by atoms with Crippen LogP contribution in [-0.2, 0) is 0 Å². The van der Waals surface area contributed by atoms with E-state index in [1.165, 1.54) is 6.20 Å². The van der Waals surface area contributed by atoms with Crippen molar-refractivity contribution in [2.75, 3.05) is 0 Å². The Kier molecular flexibility index (Phi) is 2.41. The normalized spacial score (nSPS) is 10.1. The molecule has 0 aliphatic carbocycles. The SMILES string of the molecule is O=Cc1cnn(-c2ncccc2Br)c1. The van der Waals surface area contributed by atoms with Gasteiger partial charge in [-0.3, -0.25) is 4.79 Å². The molecule has 2 rings (SSSR count). The summed E-state index contributed by atoms with van der Waals surface area (Å²) >= 11 is 3.35. The second kappa shape index (κ2) is 3.71. The van der Waals surface area contributed by atoms with E-state index >= 15 is 0 Å². The maximum absolute atomic E-state index is 10.5. The van der Waals surface area contributed by atoms with E-state index in [9.17, 15) is 4.79 Å². The van der Waals surface area contributed by atoms with Crippen LogP contribution in [0.2, 0.25) is 0 Å². The predicted octanol–water partition coefficient (Wildman–Crippen LogP) is 1.84. The van der Waals surface area contributed by atoms with Crippen molar-refractivity contribution < 1.29 is 4.79 Å². The summed E-state index contributed by atoms with van der Waals surface area (Å²) in [5, 5.41) is 4.01. The standard InChI is InChI=1S/C9H6BrN3O/c10-8-2-1-3-11-9(8)13-5-7(6-14)4-12-13/h1-6H. The van der Waals surface area contributed by atoms with Gasteiger partial charge in [0.25, 0.3) is 0 Å². The molecule has 0 saturated carbocycles. The van der Waals surface area contributed by atoms with Crippen LogP contribution in [0.1, 0.15) is 10.4 Å². The number of carbonyl (C=O) groups excluding carboxylic acids is 1. The fraction of sp³-hybridized carbons (Fsp3) is 0. The number of halogens is 1. The fourth-order valence-electron chi connectivity index (χ4n) is 1.06. The third-order valence-corrected chi connectivity index (χ3v) is 2.31. The Bertz CT molecular complexity index is 467. The topological polar surface area (TPSA) is 47.8 Å². The molecule has 0 amide bonds. The van der Waals surface area contributed by atoms with Gasteiger partial charge in [0.2, 0.25) is 0 Å². The zero-order valence-electron chi connectivity index (χ0n) is 7.09. The molecule has 0 N–H and O–H groups in total. The van der Waals surface area contributed by atoms with Crippen molar-refractivity contribution >= 4 is 22.2 Å². The highest BCUT2D eigenvalue weighted by atomic mass is 79.9. The van der Waals surface area contributed by atoms with Gasteiger partial charge >= 0.3 is 0 Å². The summed E-state index contributed by atoms with van der Waals surface area (Å²) in [6.45, 7) is 0. The van der Waals surface area contributed by atoms with E-state index in [-0.39, 0.29) is 0 Å². The summed E-state index contributed by atoms with van der Waals surface area (Å²) in [4.78, 5) is 14.6. The van der Waals surface area contributed by atoms with Crippen molar-refractivity contribution in [3.8, 4) is 5.82 Å². The Morgan fingerprint density at radius 1 is 1.50 bits per heavy atom. The highest BCUT2D eigenvalue weighted by molar-refractivity contribution is 9.10. The van der Waals surface area contributed by atoms with Gasteiger partial charge in [0.15, 0.2) is 12.1 Å². The van der Waals surface area contributed by atoms with Crippen LogP contribution in [0.15, 0.2) is 35.2 Å². The minimum Gasteiger partial charge on any atom is -0.298 e. The second-order valence-electron chi connectivity index (χ2n) is 2.64. The van der Waals surface area contributed by atoms with E-state index in [2.05, 4.69) is 26.0 Å². The summed E-state index contributed by atoms with van der Waals surface area (Å²) in [6, 6.07) is 3.68. The third-order valence-electron chi connectivity index (χ3n) is 1.69. The number of nitrogens with zero attached hydrogens (tertiary/aromatic N) is 3. The van der Waals surface area contributed by atoms with Gasteiger partial charge in [-0.1, -0.05) is 0 Å². The molecule has 0 aliphatic heterocycles. The van der Waals surface area contributed by atoms with Gasteiger partial charge in [0, 0.05) is 12.4 Å². The van der Waals surface area contributed by atoms with E-state index in [0.29, 0.717) is 11.4 Å². The Balaban J connectivity index is 2.49. The van der Waals surface area contributed by atoms with Crippen molar-refractivity contribution in [2.45, 2.75) is 0 Å². The first-order valence-electron chi connectivity index (χ1n) is 3.92. The van der Waals surface area contributed by atoms with Crippen molar-refractivity contribution in [1.82, 2.24) is 14.8 Å². The lowest BCUT2D eigenvalue weighted by Gasteiger charge is -2.00. The second-order valence-corrected chi connectivity index (χ2v) is 3.50. The molecule has 0 bridgehead atoms. The molecule has 70 valence electrons. The lowest BCUT2D eigenvalue weighted by molar-refractivity contribution is 0.112. The average molecular weight is 252 g/mol. The Hall–Kier alpha value is -1.49. The van der Waals surface area contributed by atoms with Gasteiger partial charge in [-0.25, -0.2) is 9.67 Å². The van der Waals surface area contributed by atoms with Crippen LogP contribution in [0, 0.1) is 0 Å². The van der Waals surface area contributed by atoms with Gasteiger partial charge in [-0.15, -0.1) is 0 Å². The Labute approximate surface area is 88.7 Å². The zero-order chi connectivity index (χ0) is 9.97. The summed E-state index contributed by atoms with van der Waals surface area (Å²) < 4.78 is 2.38. The molecule has 0 saturated heterocycles. The molecular formula is C9H6BrN3O. The zero-order valence-corrected chi connectivity index (χ0v) is 8.68. The number of hydrogen-bond donors (Lipinski definition) is 0. The quantitative estimate of drug-likeness (QED) is 0.766. The first kappa shape index (κ1) is 9.08. The molecule has 0 aromatic carbocycles. The number of pyridine rings is 1. The molecule has 2 aromatic heterocycles. The molecule has 0 radical (unpaired) electrons. The maximum Gasteiger partial charge on any atom is 0.167 e. The molecule has 0 aliphatic rings. The van der Waals surface area contributed by atoms with Gasteiger partial charge in [-0.2, -0.15) is 5.10 Å². The summed E-state index contributed by atoms with van der Waals surface area (Å²) in [7, 11) is 0. The van der Waals surface area contributed by atoms with Crippen LogP contribution in [0.25, 0.3) is 5.82 Å². The van der Waals surface area contributed by atoms with Crippen molar-refractivity contribution in [2.24, 2.45) is 0 Å². The lowest BCUT2D eigenvalue weighted by Crippen LogP contribution is -1.98. The monoisotopic (exact) mass is 251 g/mol. The summed E-state index contributed by atoms with van der Waals surface area (Å²) in [5.41, 5.74) is 0.530. The Morgan fingerprint density at radius 3 is 3.00 bits per heavy atom. The maximum atomic E-state index is 10.5. The third kappa shape index (κ3) is 1.58. The fourth-order valence-corrected chi connectivity index (χ4v) is 1.50. The van der Waals surface area contributed by atoms with Crippen LogP contribution >= 0.6 is 15.9 Å². The van der Waals surface area contributed by atoms with Crippen LogP contribution in [-0.4, -0.2) is 21.1 Å². The van der Waals surface area contributed by atoms with Crippen molar-refractivity contribution in [3.05, 3.63) is 40.8 Å². The van der Waals surface area contributed by atoms with Gasteiger partial charge in [0.1, 0.15) is 0 Å². The van der Waals surface area contributed by atoms with Gasteiger partial charge < -0.3 is 0 Å². The number of hydrogen-bond acceptors (Lipinski definition) is 3. The first-order valence-corrected chi connectivity index (χ1v) is 4.71. The average Bonchev–Trinajstić information content (AvgIpc) is 2.67. The first-order chi connectivity index (χ1) is 6.81. The lowest BCUT2D eigenvalue weighted by atomic mass is 10.4. The van der Waals surface area contributed by atoms with Gasteiger partial charge in [0.05, 0.1) is 16.2 Å². The van der Waals surface area contributed by atoms with Crippen LogP contribution in [0.5, 0.6) is 0 Å².